The fraction of sp³-hybridized carbons (Fsp3) is 0.686. The number of carbonyl (C=O) groups excluding carboxylic acids is 5. The first-order chi connectivity index (χ1) is 24.7. The third-order valence-corrected chi connectivity index (χ3v) is 12.7. The fourth-order valence-corrected chi connectivity index (χ4v) is 8.93. The summed E-state index contributed by atoms with van der Waals surface area (Å²) in [6, 6.07) is -1.99. The van der Waals surface area contributed by atoms with Gasteiger partial charge in [-0.15, -0.1) is 22.7 Å². The summed E-state index contributed by atoms with van der Waals surface area (Å²) in [5.74, 6) is -0.748. The van der Waals surface area contributed by atoms with E-state index in [0.717, 1.165) is 22.2 Å². The maximum Gasteiger partial charge on any atom is 0.308 e. The predicted octanol–water partition coefficient (Wildman–Crippen LogP) is 3.10. The van der Waals surface area contributed by atoms with Crippen LogP contribution in [0.2, 0.25) is 0 Å². The van der Waals surface area contributed by atoms with Gasteiger partial charge in [-0.05, 0) is 37.8 Å². The van der Waals surface area contributed by atoms with Crippen molar-refractivity contribution in [3.8, 4) is 0 Å². The van der Waals surface area contributed by atoms with Gasteiger partial charge in [0, 0.05) is 67.8 Å². The van der Waals surface area contributed by atoms with Gasteiger partial charge in [-0.2, -0.15) is 11.8 Å². The Kier molecular flexibility index (Phi) is 15.4. The van der Waals surface area contributed by atoms with Gasteiger partial charge in [-0.25, -0.2) is 9.97 Å². The molecule has 14 nitrogen and oxygen atoms in total. The van der Waals surface area contributed by atoms with E-state index in [1.807, 2.05) is 38.1 Å². The highest BCUT2D eigenvalue weighted by Gasteiger charge is 2.41. The number of rotatable bonds is 17. The smallest absolute Gasteiger partial charge is 0.308 e. The molecule has 2 aromatic rings. The van der Waals surface area contributed by atoms with Gasteiger partial charge in [0.05, 0.1) is 31.2 Å². The number of hydrogen-bond acceptors (Lipinski definition) is 14. The van der Waals surface area contributed by atoms with E-state index in [2.05, 4.69) is 20.6 Å². The molecule has 2 saturated heterocycles. The quantitative estimate of drug-likeness (QED) is 0.226. The average Bonchev–Trinajstić information content (AvgIpc) is 3.73. The lowest BCUT2D eigenvalue weighted by Crippen LogP contribution is -2.61. The van der Waals surface area contributed by atoms with Crippen LogP contribution >= 0.6 is 34.4 Å². The summed E-state index contributed by atoms with van der Waals surface area (Å²) in [5.41, 5.74) is 1.03. The first-order valence-corrected chi connectivity index (χ1v) is 20.4. The molecule has 0 aromatic carbocycles. The molecular formula is C35H52N6O8S3. The molecule has 4 heterocycles. The lowest BCUT2D eigenvalue weighted by Gasteiger charge is -2.40. The molecule has 4 rings (SSSR count). The van der Waals surface area contributed by atoms with Gasteiger partial charge >= 0.3 is 11.9 Å². The van der Waals surface area contributed by atoms with Gasteiger partial charge in [0.15, 0.2) is 6.10 Å². The minimum Gasteiger partial charge on any atom is -0.469 e. The highest BCUT2D eigenvalue weighted by atomic mass is 32.2. The number of methoxy groups -OCH3 is 1. The molecule has 17 heteroatoms. The molecule has 2 aromatic heterocycles. The molecule has 0 bridgehead atoms. The van der Waals surface area contributed by atoms with E-state index >= 15 is 0 Å². The zero-order valence-electron chi connectivity index (χ0n) is 31.2. The maximum atomic E-state index is 14.2. The average molecular weight is 781 g/mol. The molecule has 0 unspecified atom stereocenters. The van der Waals surface area contributed by atoms with Crippen LogP contribution in [0.3, 0.4) is 0 Å². The number of ether oxygens (including phenoxy) is 3. The second-order valence-electron chi connectivity index (χ2n) is 13.9. The number of hydrogen-bond donors (Lipinski definition) is 2. The number of carbonyl (C=O) groups is 5. The summed E-state index contributed by atoms with van der Waals surface area (Å²) in [7, 11) is 4.93. The monoisotopic (exact) mass is 780 g/mol. The largest absolute Gasteiger partial charge is 0.469 e. The fourth-order valence-electron chi connectivity index (χ4n) is 6.34. The molecule has 3 amide bonds. The van der Waals surface area contributed by atoms with Crippen LogP contribution in [0.1, 0.15) is 72.8 Å². The third-order valence-electron chi connectivity index (χ3n) is 9.47. The summed E-state index contributed by atoms with van der Waals surface area (Å²) >= 11 is 4.41. The van der Waals surface area contributed by atoms with Crippen LogP contribution in [-0.2, 0) is 39.8 Å². The molecule has 6 atom stereocenters. The molecule has 0 aliphatic carbocycles. The lowest BCUT2D eigenvalue weighted by atomic mass is 9.94. The van der Waals surface area contributed by atoms with Crippen LogP contribution in [0.5, 0.6) is 0 Å². The second-order valence-corrected chi connectivity index (χ2v) is 16.8. The maximum absolute atomic E-state index is 14.2. The summed E-state index contributed by atoms with van der Waals surface area (Å²) < 4.78 is 16.2. The molecule has 2 aliphatic heterocycles. The molecule has 2 fully saturated rings. The van der Waals surface area contributed by atoms with E-state index in [1.54, 1.807) is 36.0 Å². The van der Waals surface area contributed by atoms with E-state index in [-0.39, 0.29) is 48.3 Å². The number of amides is 3. The summed E-state index contributed by atoms with van der Waals surface area (Å²) in [5, 5.41) is 10.9. The number of nitrogens with zero attached hydrogens (tertiary/aromatic N) is 4. The van der Waals surface area contributed by atoms with Gasteiger partial charge < -0.3 is 29.7 Å². The summed E-state index contributed by atoms with van der Waals surface area (Å²) in [4.78, 5) is 78.4. The Morgan fingerprint density at radius 1 is 1.08 bits per heavy atom. The van der Waals surface area contributed by atoms with Gasteiger partial charge in [0.1, 0.15) is 22.8 Å². The summed E-state index contributed by atoms with van der Waals surface area (Å²) in [6.07, 6.45) is 0.171. The van der Waals surface area contributed by atoms with Crippen LogP contribution in [0.4, 0.5) is 0 Å². The SMILES string of the molecule is COC(=O)[C@@H](C)C[C@H](Cc1nc(C)cs1)NC(=O)c1csc([C@@H](C[C@H](C(C)C)N(C)C(=O)[C@@H](NC(=O)[C@H]2COCCN2C)C2CSC2)OC(C)=O)n1. The minimum atomic E-state index is -0.833. The van der Waals surface area contributed by atoms with Gasteiger partial charge in [0.2, 0.25) is 11.8 Å². The zero-order chi connectivity index (χ0) is 38.1. The molecule has 2 N–H and O–H groups in total. The highest BCUT2D eigenvalue weighted by molar-refractivity contribution is 8.00. The van der Waals surface area contributed by atoms with Crippen molar-refractivity contribution >= 4 is 64.1 Å². The number of esters is 2. The van der Waals surface area contributed by atoms with Crippen LogP contribution in [0.25, 0.3) is 0 Å². The van der Waals surface area contributed by atoms with E-state index in [4.69, 9.17) is 14.2 Å². The zero-order valence-corrected chi connectivity index (χ0v) is 33.7. The van der Waals surface area contributed by atoms with Crippen molar-refractivity contribution in [2.45, 2.75) is 84.2 Å². The van der Waals surface area contributed by atoms with E-state index < -0.39 is 48.1 Å². The number of likely N-dealkylation sites (N-methyl/N-ethyl adjacent to an activating group) is 2. The Morgan fingerprint density at radius 3 is 2.38 bits per heavy atom. The Balaban J connectivity index is 1.50. The first kappa shape index (κ1) is 41.6. The second kappa shape index (κ2) is 19.3. The molecule has 2 aliphatic rings. The van der Waals surface area contributed by atoms with Gasteiger partial charge in [-0.3, -0.25) is 28.9 Å². The topological polar surface area (TPSA) is 169 Å². The van der Waals surface area contributed by atoms with E-state index in [0.29, 0.717) is 31.0 Å². The van der Waals surface area contributed by atoms with Crippen molar-refractivity contribution in [3.63, 3.8) is 0 Å². The third kappa shape index (κ3) is 11.2. The predicted molar refractivity (Wildman–Crippen MR) is 200 cm³/mol. The number of nitrogens with one attached hydrogen (secondary N) is 2. The van der Waals surface area contributed by atoms with Crippen molar-refractivity contribution in [1.29, 1.82) is 0 Å². The van der Waals surface area contributed by atoms with E-state index in [1.165, 1.54) is 36.7 Å². The Bertz CT molecular complexity index is 1550. The highest BCUT2D eigenvalue weighted by Crippen LogP contribution is 2.33. The Labute approximate surface area is 318 Å². The van der Waals surface area contributed by atoms with Crippen LogP contribution in [0.15, 0.2) is 10.8 Å². The number of morpholine rings is 1. The van der Waals surface area contributed by atoms with Crippen molar-refractivity contribution in [2.24, 2.45) is 17.8 Å². The van der Waals surface area contributed by atoms with Crippen LogP contribution in [-0.4, -0.2) is 126 Å². The number of thiazole rings is 2. The van der Waals surface area contributed by atoms with E-state index in [9.17, 15) is 24.0 Å². The number of aromatic nitrogens is 2. The van der Waals surface area contributed by atoms with Crippen LogP contribution in [0, 0.1) is 24.7 Å². The molecule has 288 valence electrons. The van der Waals surface area contributed by atoms with Gasteiger partial charge in [-0.1, -0.05) is 20.8 Å². The Morgan fingerprint density at radius 2 is 1.81 bits per heavy atom. The number of thioether (sulfide) groups is 1. The molecule has 0 spiro atoms. The van der Waals surface area contributed by atoms with Crippen molar-refractivity contribution in [3.05, 3.63) is 32.2 Å². The number of aryl methyl sites for hydroxylation is 1. The molecule has 0 saturated carbocycles. The normalized spacial score (nSPS) is 19.4. The molecular weight excluding hydrogens is 729 g/mol. The van der Waals surface area contributed by atoms with Gasteiger partial charge in [0.25, 0.3) is 5.91 Å². The standard InChI is InChI=1S/C35H52N6O8S3/c1-19(2)26(41(7)34(45)30(23-16-50-17-23)39-32(44)27-14-48-10-9-40(27)6)13-28(49-22(5)42)33-38-25(18-52-33)31(43)37-24(11-20(3)35(46)47-8)12-29-36-21(4)15-51-29/h15,18-20,23-24,26-28,30H,9-14,16-17H2,1-8H3,(H,37,43)(H,39,44)/t20-,24+,26+,27+,28+,30-/m0/s1. The molecule has 0 radical (unpaired) electrons. The lowest BCUT2D eigenvalue weighted by molar-refractivity contribution is -0.149. The Hall–Kier alpha value is -3.12. The molecule has 52 heavy (non-hydrogen) atoms. The summed E-state index contributed by atoms with van der Waals surface area (Å²) in [6.45, 7) is 10.4. The minimum absolute atomic E-state index is 0.00474. The van der Waals surface area contributed by atoms with Crippen LogP contribution < -0.4 is 10.6 Å². The van der Waals surface area contributed by atoms with Crippen molar-refractivity contribution in [1.82, 2.24) is 30.4 Å². The van der Waals surface area contributed by atoms with Crippen molar-refractivity contribution in [2.75, 3.05) is 52.5 Å². The van der Waals surface area contributed by atoms with Crippen molar-refractivity contribution < 1.29 is 38.2 Å². The first-order valence-electron chi connectivity index (χ1n) is 17.5.